The lowest BCUT2D eigenvalue weighted by molar-refractivity contribution is 0.359. The molecule has 2 saturated carbocycles. The first kappa shape index (κ1) is 13.6. The first-order chi connectivity index (χ1) is 10.8. The minimum atomic E-state index is 0.609. The summed E-state index contributed by atoms with van der Waals surface area (Å²) in [6, 6.07) is 9.48. The van der Waals surface area contributed by atoms with E-state index in [9.17, 15) is 0 Å². The van der Waals surface area contributed by atoms with Crippen LogP contribution in [0.2, 0.25) is 0 Å². The lowest BCUT2D eigenvalue weighted by atomic mass is 9.83. The molecule has 1 aromatic carbocycles. The number of rotatable bonds is 4. The van der Waals surface area contributed by atoms with Crippen LogP contribution in [0, 0.1) is 11.8 Å². The van der Waals surface area contributed by atoms with Crippen LogP contribution in [0.3, 0.4) is 0 Å². The lowest BCUT2D eigenvalue weighted by Gasteiger charge is -2.20. The number of epoxide rings is 2. The number of hydrogen-bond acceptors (Lipinski definition) is 2. The van der Waals surface area contributed by atoms with Gasteiger partial charge in [0.25, 0.3) is 0 Å². The highest BCUT2D eigenvalue weighted by Gasteiger charge is 2.44. The Labute approximate surface area is 133 Å². The maximum Gasteiger partial charge on any atom is 0.0844 e. The van der Waals surface area contributed by atoms with Crippen molar-refractivity contribution in [3.05, 3.63) is 35.4 Å². The van der Waals surface area contributed by atoms with Gasteiger partial charge >= 0.3 is 0 Å². The zero-order valence-electron chi connectivity index (χ0n) is 13.2. The van der Waals surface area contributed by atoms with Gasteiger partial charge in [-0.25, -0.2) is 0 Å². The Morgan fingerprint density at radius 1 is 0.636 bits per heavy atom. The Balaban J connectivity index is 1.16. The Hall–Kier alpha value is -0.860. The Bertz CT molecular complexity index is 488. The predicted molar refractivity (Wildman–Crippen MR) is 85.9 cm³/mol. The maximum absolute atomic E-state index is 5.65. The van der Waals surface area contributed by atoms with Crippen molar-refractivity contribution >= 4 is 0 Å². The van der Waals surface area contributed by atoms with Crippen molar-refractivity contribution in [3.63, 3.8) is 0 Å². The summed E-state index contributed by atoms with van der Waals surface area (Å²) in [6.45, 7) is 0. The van der Waals surface area contributed by atoms with E-state index < -0.39 is 0 Å². The Kier molecular flexibility index (Phi) is 3.30. The third-order valence-electron chi connectivity index (χ3n) is 6.30. The molecule has 2 heterocycles. The van der Waals surface area contributed by atoms with Crippen molar-refractivity contribution in [3.8, 4) is 0 Å². The van der Waals surface area contributed by atoms with Gasteiger partial charge in [0, 0.05) is 0 Å². The van der Waals surface area contributed by atoms with E-state index in [4.69, 9.17) is 9.47 Å². The lowest BCUT2D eigenvalue weighted by Crippen LogP contribution is -2.16. The fourth-order valence-corrected chi connectivity index (χ4v) is 4.82. The summed E-state index contributed by atoms with van der Waals surface area (Å²) in [7, 11) is 0. The quantitative estimate of drug-likeness (QED) is 0.787. The molecule has 4 fully saturated rings. The molecule has 5 rings (SSSR count). The van der Waals surface area contributed by atoms with Crippen LogP contribution in [0.4, 0.5) is 0 Å². The number of fused-ring (bicyclic) bond motifs is 2. The molecule has 2 aliphatic carbocycles. The smallest absolute Gasteiger partial charge is 0.0844 e. The van der Waals surface area contributed by atoms with Crippen molar-refractivity contribution in [2.24, 2.45) is 11.8 Å². The van der Waals surface area contributed by atoms with Crippen LogP contribution in [-0.4, -0.2) is 24.4 Å². The van der Waals surface area contributed by atoms with Gasteiger partial charge in [0.15, 0.2) is 0 Å². The highest BCUT2D eigenvalue weighted by Crippen LogP contribution is 2.41. The first-order valence-corrected chi connectivity index (χ1v) is 9.22. The standard InChI is InChI=1S/C20H26O2/c1-2-14(10-16-6-8-18-20(12-16)22-18)4-3-13(1)9-15-5-7-17-19(11-15)21-17/h1-4,15-20H,5-12H2. The molecule has 118 valence electrons. The zero-order valence-corrected chi connectivity index (χ0v) is 13.2. The van der Waals surface area contributed by atoms with Gasteiger partial charge in [-0.15, -0.1) is 0 Å². The van der Waals surface area contributed by atoms with Gasteiger partial charge in [0.05, 0.1) is 24.4 Å². The molecule has 2 heteroatoms. The van der Waals surface area contributed by atoms with E-state index in [0.29, 0.717) is 24.4 Å². The van der Waals surface area contributed by atoms with E-state index in [-0.39, 0.29) is 0 Å². The van der Waals surface area contributed by atoms with Gasteiger partial charge in [0.2, 0.25) is 0 Å². The van der Waals surface area contributed by atoms with Crippen molar-refractivity contribution < 1.29 is 9.47 Å². The van der Waals surface area contributed by atoms with Gasteiger partial charge in [-0.1, -0.05) is 24.3 Å². The molecule has 2 aliphatic heterocycles. The van der Waals surface area contributed by atoms with Crippen LogP contribution >= 0.6 is 0 Å². The van der Waals surface area contributed by atoms with E-state index in [1.807, 2.05) is 0 Å². The summed E-state index contributed by atoms with van der Waals surface area (Å²) >= 11 is 0. The topological polar surface area (TPSA) is 25.1 Å². The average molecular weight is 298 g/mol. The summed E-state index contributed by atoms with van der Waals surface area (Å²) < 4.78 is 11.3. The molecule has 0 N–H and O–H groups in total. The second-order valence-corrected chi connectivity index (χ2v) is 8.01. The second-order valence-electron chi connectivity index (χ2n) is 8.01. The Morgan fingerprint density at radius 3 is 1.50 bits per heavy atom. The zero-order chi connectivity index (χ0) is 14.5. The van der Waals surface area contributed by atoms with Crippen LogP contribution in [0.1, 0.15) is 49.7 Å². The third-order valence-corrected chi connectivity index (χ3v) is 6.30. The molecule has 2 saturated heterocycles. The van der Waals surface area contributed by atoms with E-state index in [2.05, 4.69) is 24.3 Å². The van der Waals surface area contributed by atoms with Crippen molar-refractivity contribution in [1.29, 1.82) is 0 Å². The molecular weight excluding hydrogens is 272 g/mol. The van der Waals surface area contributed by atoms with Gasteiger partial charge in [-0.3, -0.25) is 0 Å². The third kappa shape index (κ3) is 2.83. The van der Waals surface area contributed by atoms with E-state index >= 15 is 0 Å². The molecule has 22 heavy (non-hydrogen) atoms. The molecule has 0 aromatic heterocycles. The molecule has 0 amide bonds. The highest BCUT2D eigenvalue weighted by molar-refractivity contribution is 5.24. The van der Waals surface area contributed by atoms with Crippen molar-refractivity contribution in [1.82, 2.24) is 0 Å². The first-order valence-electron chi connectivity index (χ1n) is 9.22. The van der Waals surface area contributed by atoms with E-state index in [1.54, 1.807) is 0 Å². The molecule has 6 atom stereocenters. The SMILES string of the molecule is c1cc(CC2CCC3OC3C2)ccc1CC1CCC2OC2C1. The molecular formula is C20H26O2. The van der Waals surface area contributed by atoms with Crippen molar-refractivity contribution in [2.45, 2.75) is 75.8 Å². The second kappa shape index (κ2) is 5.35. The summed E-state index contributed by atoms with van der Waals surface area (Å²) in [6.07, 6.45) is 12.8. The van der Waals surface area contributed by atoms with E-state index in [0.717, 1.165) is 11.8 Å². The van der Waals surface area contributed by atoms with Gasteiger partial charge < -0.3 is 9.47 Å². The molecule has 2 nitrogen and oxygen atoms in total. The monoisotopic (exact) mass is 298 g/mol. The fraction of sp³-hybridized carbons (Fsp3) is 0.700. The minimum absolute atomic E-state index is 0.609. The highest BCUT2D eigenvalue weighted by atomic mass is 16.6. The van der Waals surface area contributed by atoms with Crippen LogP contribution in [-0.2, 0) is 22.3 Å². The number of hydrogen-bond donors (Lipinski definition) is 0. The molecule has 0 spiro atoms. The largest absolute Gasteiger partial charge is 0.370 e. The van der Waals surface area contributed by atoms with Crippen LogP contribution < -0.4 is 0 Å². The molecule has 0 radical (unpaired) electrons. The molecule has 0 bridgehead atoms. The molecule has 6 unspecified atom stereocenters. The van der Waals surface area contributed by atoms with Crippen LogP contribution in [0.5, 0.6) is 0 Å². The summed E-state index contributed by atoms with van der Waals surface area (Å²) in [4.78, 5) is 0. The minimum Gasteiger partial charge on any atom is -0.370 e. The van der Waals surface area contributed by atoms with Crippen LogP contribution in [0.15, 0.2) is 24.3 Å². The predicted octanol–water partition coefficient (Wildman–Crippen LogP) is 3.91. The number of ether oxygens (including phenoxy) is 2. The maximum atomic E-state index is 5.65. The van der Waals surface area contributed by atoms with Gasteiger partial charge in [-0.2, -0.15) is 0 Å². The normalized spacial score (nSPS) is 42.4. The van der Waals surface area contributed by atoms with Gasteiger partial charge in [-0.05, 0) is 74.3 Å². The summed E-state index contributed by atoms with van der Waals surface area (Å²) in [5, 5.41) is 0. The fourth-order valence-electron chi connectivity index (χ4n) is 4.82. The van der Waals surface area contributed by atoms with Crippen LogP contribution in [0.25, 0.3) is 0 Å². The Morgan fingerprint density at radius 2 is 1.09 bits per heavy atom. The summed E-state index contributed by atoms with van der Waals surface area (Å²) in [5.41, 5.74) is 3.03. The van der Waals surface area contributed by atoms with Gasteiger partial charge in [0.1, 0.15) is 0 Å². The molecule has 1 aromatic rings. The summed E-state index contributed by atoms with van der Waals surface area (Å²) in [5.74, 6) is 1.69. The molecule has 4 aliphatic rings. The van der Waals surface area contributed by atoms with E-state index in [1.165, 1.54) is 62.5 Å². The van der Waals surface area contributed by atoms with Crippen molar-refractivity contribution in [2.75, 3.05) is 0 Å². The average Bonchev–Trinajstić information content (AvgIpc) is 3.42. The number of benzene rings is 1.